The summed E-state index contributed by atoms with van der Waals surface area (Å²) in [6, 6.07) is 10.7. The highest BCUT2D eigenvalue weighted by Gasteiger charge is 2.41. The van der Waals surface area contributed by atoms with Gasteiger partial charge in [-0.05, 0) is 51.0 Å². The Labute approximate surface area is 187 Å². The molecule has 2 atom stereocenters. The Hall–Kier alpha value is -2.08. The Kier molecular flexibility index (Phi) is 7.63. The molecule has 2 aliphatic rings. The van der Waals surface area contributed by atoms with Crippen LogP contribution in [0.3, 0.4) is 0 Å². The van der Waals surface area contributed by atoms with E-state index in [1.54, 1.807) is 0 Å². The van der Waals surface area contributed by atoms with E-state index >= 15 is 0 Å². The lowest BCUT2D eigenvalue weighted by atomic mass is 9.94. The van der Waals surface area contributed by atoms with Crippen LogP contribution in [0.2, 0.25) is 0 Å². The van der Waals surface area contributed by atoms with Gasteiger partial charge in [0.2, 0.25) is 5.91 Å². The van der Waals surface area contributed by atoms with Crippen molar-refractivity contribution in [1.82, 2.24) is 15.1 Å². The quantitative estimate of drug-likeness (QED) is 0.684. The summed E-state index contributed by atoms with van der Waals surface area (Å²) in [5.74, 6) is 0.750. The fraction of sp³-hybridized carbons (Fsp3) is 0.680. The molecule has 1 aromatic carbocycles. The van der Waals surface area contributed by atoms with E-state index in [4.69, 9.17) is 4.74 Å². The number of carbonyl (C=O) groups is 2. The Morgan fingerprint density at radius 3 is 2.35 bits per heavy atom. The molecule has 0 aromatic heterocycles. The molecule has 1 aromatic rings. The molecule has 0 bridgehead atoms. The molecule has 1 aliphatic carbocycles. The number of ether oxygens (including phenoxy) is 1. The van der Waals surface area contributed by atoms with Gasteiger partial charge >= 0.3 is 6.09 Å². The van der Waals surface area contributed by atoms with Crippen LogP contribution in [0.15, 0.2) is 30.3 Å². The number of carbonyl (C=O) groups excluding carboxylic acids is 2. The van der Waals surface area contributed by atoms with Crippen molar-refractivity contribution >= 4 is 12.0 Å². The van der Waals surface area contributed by atoms with Gasteiger partial charge in [0.05, 0.1) is 6.42 Å². The third-order valence-electron chi connectivity index (χ3n) is 5.95. The van der Waals surface area contributed by atoms with Crippen LogP contribution >= 0.6 is 0 Å². The van der Waals surface area contributed by atoms with Gasteiger partial charge in [0.15, 0.2) is 0 Å². The summed E-state index contributed by atoms with van der Waals surface area (Å²) in [4.78, 5) is 29.8. The maximum Gasteiger partial charge on any atom is 0.410 e. The van der Waals surface area contributed by atoms with Crippen LogP contribution in [0.1, 0.15) is 53.0 Å². The Balaban J connectivity index is 1.68. The van der Waals surface area contributed by atoms with Gasteiger partial charge in [-0.25, -0.2) is 4.79 Å². The number of benzene rings is 1. The van der Waals surface area contributed by atoms with E-state index in [2.05, 4.69) is 24.1 Å². The second-order valence-electron chi connectivity index (χ2n) is 10.4. The zero-order valence-corrected chi connectivity index (χ0v) is 19.8. The van der Waals surface area contributed by atoms with E-state index in [0.717, 1.165) is 24.9 Å². The number of likely N-dealkylation sites (tertiary alicyclic amines) is 1. The molecule has 6 nitrogen and oxygen atoms in total. The zero-order valence-electron chi connectivity index (χ0n) is 19.8. The zero-order chi connectivity index (χ0) is 22.6. The summed E-state index contributed by atoms with van der Waals surface area (Å²) in [5.41, 5.74) is 0.546. The first kappa shape index (κ1) is 23.6. The molecule has 0 radical (unpaired) electrons. The molecular weight excluding hydrogens is 390 g/mol. The molecule has 1 saturated carbocycles. The van der Waals surface area contributed by atoms with Crippen molar-refractivity contribution in [3.63, 3.8) is 0 Å². The molecule has 3 rings (SSSR count). The first-order valence-electron chi connectivity index (χ1n) is 11.7. The van der Waals surface area contributed by atoms with Gasteiger partial charge in [-0.1, -0.05) is 44.2 Å². The fourth-order valence-corrected chi connectivity index (χ4v) is 4.20. The molecule has 2 amide bonds. The Bertz CT molecular complexity index is 740. The highest BCUT2D eigenvalue weighted by atomic mass is 16.6. The van der Waals surface area contributed by atoms with Gasteiger partial charge in [-0.15, -0.1) is 0 Å². The summed E-state index contributed by atoms with van der Waals surface area (Å²) in [5, 5.41) is 3.53. The third kappa shape index (κ3) is 7.23. The van der Waals surface area contributed by atoms with Gasteiger partial charge in [-0.2, -0.15) is 0 Å². The van der Waals surface area contributed by atoms with Crippen molar-refractivity contribution < 1.29 is 14.3 Å². The van der Waals surface area contributed by atoms with Crippen molar-refractivity contribution in [3.05, 3.63) is 35.9 Å². The molecule has 2 fully saturated rings. The van der Waals surface area contributed by atoms with E-state index in [9.17, 15) is 9.59 Å². The van der Waals surface area contributed by atoms with Gasteiger partial charge in [0.25, 0.3) is 0 Å². The summed E-state index contributed by atoms with van der Waals surface area (Å²) in [6.45, 7) is 12.8. The highest BCUT2D eigenvalue weighted by Crippen LogP contribution is 2.32. The van der Waals surface area contributed by atoms with Gasteiger partial charge < -0.3 is 19.9 Å². The predicted octanol–water partition coefficient (Wildman–Crippen LogP) is 3.70. The lowest BCUT2D eigenvalue weighted by molar-refractivity contribution is -0.131. The molecule has 1 aliphatic heterocycles. The lowest BCUT2D eigenvalue weighted by Gasteiger charge is -2.29. The summed E-state index contributed by atoms with van der Waals surface area (Å²) in [7, 11) is 0. The number of hydrogen-bond acceptors (Lipinski definition) is 4. The van der Waals surface area contributed by atoms with Gasteiger partial charge in [0, 0.05) is 38.3 Å². The average Bonchev–Trinajstić information content (AvgIpc) is 3.43. The molecule has 6 heteroatoms. The van der Waals surface area contributed by atoms with Gasteiger partial charge in [0.1, 0.15) is 5.60 Å². The summed E-state index contributed by atoms with van der Waals surface area (Å²) in [6.07, 6.45) is 2.35. The second-order valence-corrected chi connectivity index (χ2v) is 10.4. The van der Waals surface area contributed by atoms with Crippen molar-refractivity contribution in [3.8, 4) is 0 Å². The van der Waals surface area contributed by atoms with Crippen LogP contribution in [0.25, 0.3) is 0 Å². The maximum atomic E-state index is 13.2. The highest BCUT2D eigenvalue weighted by molar-refractivity contribution is 5.79. The number of amides is 2. The Morgan fingerprint density at radius 1 is 1.13 bits per heavy atom. The van der Waals surface area contributed by atoms with Crippen LogP contribution in [-0.4, -0.2) is 65.7 Å². The predicted molar refractivity (Wildman–Crippen MR) is 123 cm³/mol. The first-order valence-corrected chi connectivity index (χ1v) is 11.7. The molecular formula is C25H39N3O3. The summed E-state index contributed by atoms with van der Waals surface area (Å²) < 4.78 is 5.62. The van der Waals surface area contributed by atoms with Crippen LogP contribution in [0.4, 0.5) is 4.79 Å². The minimum absolute atomic E-state index is 0.194. The normalized spacial score (nSPS) is 21.4. The number of hydrogen-bond donors (Lipinski definition) is 1. The van der Waals surface area contributed by atoms with Crippen molar-refractivity contribution in [2.45, 2.75) is 71.6 Å². The van der Waals surface area contributed by atoms with E-state index in [1.807, 2.05) is 56.0 Å². The first-order chi connectivity index (χ1) is 14.6. The van der Waals surface area contributed by atoms with Crippen molar-refractivity contribution in [1.29, 1.82) is 0 Å². The Morgan fingerprint density at radius 2 is 1.77 bits per heavy atom. The van der Waals surface area contributed by atoms with Crippen LogP contribution in [-0.2, 0) is 16.0 Å². The van der Waals surface area contributed by atoms with Crippen LogP contribution in [0, 0.1) is 11.8 Å². The van der Waals surface area contributed by atoms with E-state index in [-0.39, 0.29) is 17.9 Å². The lowest BCUT2D eigenvalue weighted by Crippen LogP contribution is -2.42. The monoisotopic (exact) mass is 429 g/mol. The van der Waals surface area contributed by atoms with E-state index in [0.29, 0.717) is 44.1 Å². The topological polar surface area (TPSA) is 61.9 Å². The van der Waals surface area contributed by atoms with Crippen molar-refractivity contribution in [2.75, 3.05) is 26.2 Å². The van der Waals surface area contributed by atoms with Crippen LogP contribution in [0.5, 0.6) is 0 Å². The maximum absolute atomic E-state index is 13.2. The van der Waals surface area contributed by atoms with E-state index < -0.39 is 5.60 Å². The third-order valence-corrected chi connectivity index (χ3v) is 5.95. The fourth-order valence-electron chi connectivity index (χ4n) is 4.20. The standard InChI is InChI=1S/C25H39N3O3/c1-18(2)26-14-20-15-27(24(30)31-25(3,4)5)16-21(20)17-28(22-11-12-22)23(29)13-19-9-7-6-8-10-19/h6-10,18,20-22,26H,11-17H2,1-5H3. The SMILES string of the molecule is CC(C)NCC1CN(C(=O)OC(C)(C)C)CC1CN(C(=O)Cc1ccccc1)C1CC1. The largest absolute Gasteiger partial charge is 0.444 e. The molecule has 31 heavy (non-hydrogen) atoms. The second kappa shape index (κ2) is 10.0. The molecule has 1 saturated heterocycles. The number of rotatable bonds is 8. The summed E-state index contributed by atoms with van der Waals surface area (Å²) >= 11 is 0. The van der Waals surface area contributed by atoms with Gasteiger partial charge in [-0.3, -0.25) is 4.79 Å². The smallest absolute Gasteiger partial charge is 0.410 e. The molecule has 172 valence electrons. The van der Waals surface area contributed by atoms with E-state index in [1.165, 1.54) is 0 Å². The minimum atomic E-state index is -0.507. The average molecular weight is 430 g/mol. The minimum Gasteiger partial charge on any atom is -0.444 e. The molecule has 1 N–H and O–H groups in total. The van der Waals surface area contributed by atoms with Crippen LogP contribution < -0.4 is 5.32 Å². The molecule has 1 heterocycles. The molecule has 2 unspecified atom stereocenters. The number of nitrogens with one attached hydrogen (secondary N) is 1. The van der Waals surface area contributed by atoms with Crippen molar-refractivity contribution in [2.24, 2.45) is 11.8 Å². The molecule has 0 spiro atoms. The number of nitrogens with zero attached hydrogens (tertiary/aromatic N) is 2.